The average molecular weight is 518 g/mol. The number of carboxylic acids is 1. The minimum Gasteiger partial charge on any atom is -0.481 e. The maximum atomic E-state index is 12.8. The number of benzene rings is 2. The van der Waals surface area contributed by atoms with Crippen LogP contribution in [-0.2, 0) is 14.4 Å². The number of carbonyl (C=O) groups excluding carboxylic acids is 2. The number of rotatable bonds is 7. The number of aliphatic carboxylic acids is 1. The maximum absolute atomic E-state index is 12.8. The molecule has 0 aliphatic heterocycles. The number of nitrogens with one attached hydrogen (secondary N) is 2. The van der Waals surface area contributed by atoms with Gasteiger partial charge in [0.25, 0.3) is 0 Å². The molecule has 2 amide bonds. The second-order valence-electron chi connectivity index (χ2n) is 8.24. The fourth-order valence-corrected chi connectivity index (χ4v) is 6.16. The lowest BCUT2D eigenvalue weighted by Crippen LogP contribution is -2.36. The summed E-state index contributed by atoms with van der Waals surface area (Å²) in [4.78, 5) is 41.2. The van der Waals surface area contributed by atoms with E-state index in [0.717, 1.165) is 33.0 Å². The first-order valence-electron chi connectivity index (χ1n) is 10.9. The summed E-state index contributed by atoms with van der Waals surface area (Å²) in [6, 6.07) is 10.8. The number of thiazole rings is 1. The van der Waals surface area contributed by atoms with Gasteiger partial charge in [0.2, 0.25) is 11.8 Å². The van der Waals surface area contributed by atoms with E-state index in [2.05, 4.69) is 15.6 Å². The molecule has 0 unspecified atom stereocenters. The number of thioether (sulfide) groups is 1. The molecule has 1 aromatic heterocycles. The Balaban J connectivity index is 1.38. The van der Waals surface area contributed by atoms with Crippen LogP contribution in [0.5, 0.6) is 0 Å². The summed E-state index contributed by atoms with van der Waals surface area (Å²) in [5, 5.41) is 15.8. The Kier molecular flexibility index (Phi) is 7.75. The molecule has 3 aromatic rings. The predicted molar refractivity (Wildman–Crippen MR) is 137 cm³/mol. The van der Waals surface area contributed by atoms with Crippen molar-refractivity contribution >= 4 is 74.1 Å². The number of hydrogen-bond donors (Lipinski definition) is 3. The Morgan fingerprint density at radius 3 is 2.68 bits per heavy atom. The van der Waals surface area contributed by atoms with Crippen LogP contribution < -0.4 is 10.6 Å². The van der Waals surface area contributed by atoms with Gasteiger partial charge in [0.1, 0.15) is 0 Å². The second-order valence-corrected chi connectivity index (χ2v) is 10.9. The molecule has 0 saturated heterocycles. The maximum Gasteiger partial charge on any atom is 0.307 e. The van der Waals surface area contributed by atoms with Gasteiger partial charge in [-0.15, -0.1) is 11.3 Å². The van der Waals surface area contributed by atoms with Crippen LogP contribution in [0, 0.1) is 18.8 Å². The van der Waals surface area contributed by atoms with Crippen molar-refractivity contribution in [3.63, 3.8) is 0 Å². The number of aromatic nitrogens is 1. The highest BCUT2D eigenvalue weighted by Gasteiger charge is 2.35. The van der Waals surface area contributed by atoms with Gasteiger partial charge in [0.15, 0.2) is 4.34 Å². The van der Waals surface area contributed by atoms with Gasteiger partial charge in [-0.05, 0) is 55.7 Å². The monoisotopic (exact) mass is 517 g/mol. The number of fused-ring (bicyclic) bond motifs is 1. The summed E-state index contributed by atoms with van der Waals surface area (Å²) in [6.45, 7) is 1.85. The van der Waals surface area contributed by atoms with Gasteiger partial charge < -0.3 is 15.7 Å². The number of carbonyl (C=O) groups is 3. The van der Waals surface area contributed by atoms with E-state index in [0.29, 0.717) is 29.2 Å². The number of amides is 2. The average Bonchev–Trinajstić information content (AvgIpc) is 3.23. The van der Waals surface area contributed by atoms with Crippen LogP contribution in [0.4, 0.5) is 11.4 Å². The van der Waals surface area contributed by atoms with E-state index in [9.17, 15) is 19.5 Å². The van der Waals surface area contributed by atoms with E-state index in [1.165, 1.54) is 23.1 Å². The number of halogens is 1. The van der Waals surface area contributed by atoms with Gasteiger partial charge in [-0.2, -0.15) is 0 Å². The molecule has 1 aliphatic rings. The van der Waals surface area contributed by atoms with Crippen molar-refractivity contribution in [2.45, 2.75) is 36.9 Å². The normalized spacial score (nSPS) is 17.9. The number of nitrogens with zero attached hydrogens (tertiary/aromatic N) is 1. The molecule has 10 heteroatoms. The number of hydrogen-bond acceptors (Lipinski definition) is 6. The highest BCUT2D eigenvalue weighted by atomic mass is 35.5. The summed E-state index contributed by atoms with van der Waals surface area (Å²) < 4.78 is 1.62. The molecule has 3 N–H and O–H groups in total. The van der Waals surface area contributed by atoms with Crippen molar-refractivity contribution in [2.75, 3.05) is 16.4 Å². The van der Waals surface area contributed by atoms with Crippen LogP contribution in [0.25, 0.3) is 10.2 Å². The minimum absolute atomic E-state index is 0.150. The molecule has 1 heterocycles. The van der Waals surface area contributed by atoms with Crippen LogP contribution in [0.3, 0.4) is 0 Å². The molecule has 0 bridgehead atoms. The molecule has 34 heavy (non-hydrogen) atoms. The van der Waals surface area contributed by atoms with Crippen LogP contribution in [0.1, 0.15) is 31.2 Å². The van der Waals surface area contributed by atoms with Crippen molar-refractivity contribution in [1.29, 1.82) is 0 Å². The van der Waals surface area contributed by atoms with E-state index >= 15 is 0 Å². The summed E-state index contributed by atoms with van der Waals surface area (Å²) in [5.74, 6) is -2.26. The van der Waals surface area contributed by atoms with Crippen molar-refractivity contribution in [3.05, 3.63) is 47.0 Å². The van der Waals surface area contributed by atoms with Gasteiger partial charge in [0.05, 0.1) is 27.8 Å². The zero-order valence-corrected chi connectivity index (χ0v) is 20.9. The Hall–Kier alpha value is -2.62. The van der Waals surface area contributed by atoms with Gasteiger partial charge in [-0.3, -0.25) is 14.4 Å². The SMILES string of the molecule is Cc1c(Cl)cccc1NC(=O)CSc1nc2ccc(NC(=O)[C@@H]3CCCC[C@H]3C(=O)O)cc2s1. The van der Waals surface area contributed by atoms with Crippen LogP contribution >= 0.6 is 34.7 Å². The Labute approximate surface area is 210 Å². The standard InChI is InChI=1S/C24H24ClN3O4S2/c1-13-17(25)7-4-8-18(13)27-21(29)12-33-24-28-19-10-9-14(11-20(19)34-24)26-22(30)15-5-2-3-6-16(15)23(31)32/h4,7-11,15-16H,2-3,5-6,12H2,1H3,(H,26,30)(H,27,29)(H,31,32)/t15-,16-/m1/s1. The van der Waals surface area contributed by atoms with Gasteiger partial charge in [0, 0.05) is 16.4 Å². The number of carboxylic acid groups (broad SMARTS) is 1. The quantitative estimate of drug-likeness (QED) is 0.341. The van der Waals surface area contributed by atoms with Crippen LogP contribution in [0.2, 0.25) is 5.02 Å². The summed E-state index contributed by atoms with van der Waals surface area (Å²) in [5.41, 5.74) is 2.89. The zero-order valence-electron chi connectivity index (χ0n) is 18.5. The lowest BCUT2D eigenvalue weighted by Gasteiger charge is -2.27. The zero-order chi connectivity index (χ0) is 24.2. The van der Waals surface area contributed by atoms with Gasteiger partial charge >= 0.3 is 5.97 Å². The number of anilines is 2. The van der Waals surface area contributed by atoms with E-state index in [1.807, 2.05) is 25.1 Å². The first-order chi connectivity index (χ1) is 16.3. The van der Waals surface area contributed by atoms with Gasteiger partial charge in [-0.25, -0.2) is 4.98 Å². The first-order valence-corrected chi connectivity index (χ1v) is 13.1. The molecular weight excluding hydrogens is 494 g/mol. The molecule has 0 radical (unpaired) electrons. The summed E-state index contributed by atoms with van der Waals surface area (Å²) in [7, 11) is 0. The largest absolute Gasteiger partial charge is 0.481 e. The molecule has 1 fully saturated rings. The lowest BCUT2D eigenvalue weighted by molar-refractivity contribution is -0.147. The lowest BCUT2D eigenvalue weighted by atomic mass is 9.78. The molecule has 2 atom stereocenters. The van der Waals surface area contributed by atoms with Crippen molar-refractivity contribution in [2.24, 2.45) is 11.8 Å². The molecule has 4 rings (SSSR count). The van der Waals surface area contributed by atoms with Crippen LogP contribution in [-0.4, -0.2) is 33.6 Å². The van der Waals surface area contributed by atoms with Crippen molar-refractivity contribution in [1.82, 2.24) is 4.98 Å². The third kappa shape index (κ3) is 5.71. The molecule has 2 aromatic carbocycles. The summed E-state index contributed by atoms with van der Waals surface area (Å²) >= 11 is 8.89. The predicted octanol–water partition coefficient (Wildman–Crippen LogP) is 5.82. The van der Waals surface area contributed by atoms with E-state index in [4.69, 9.17) is 11.6 Å². The molecule has 7 nitrogen and oxygen atoms in total. The molecule has 178 valence electrons. The second kappa shape index (κ2) is 10.8. The third-order valence-electron chi connectivity index (χ3n) is 5.92. The first kappa shape index (κ1) is 24.5. The van der Waals surface area contributed by atoms with Crippen molar-refractivity contribution < 1.29 is 19.5 Å². The topological polar surface area (TPSA) is 108 Å². The van der Waals surface area contributed by atoms with E-state index in [1.54, 1.807) is 18.2 Å². The van der Waals surface area contributed by atoms with Gasteiger partial charge in [-0.1, -0.05) is 42.3 Å². The smallest absolute Gasteiger partial charge is 0.307 e. The molecule has 0 spiro atoms. The highest BCUT2D eigenvalue weighted by Crippen LogP contribution is 2.34. The highest BCUT2D eigenvalue weighted by molar-refractivity contribution is 8.01. The van der Waals surface area contributed by atoms with E-state index < -0.39 is 17.8 Å². The molecule has 1 saturated carbocycles. The third-order valence-corrected chi connectivity index (χ3v) is 8.50. The fourth-order valence-electron chi connectivity index (χ4n) is 4.07. The molecule has 1 aliphatic carbocycles. The fraction of sp³-hybridized carbons (Fsp3) is 0.333. The Morgan fingerprint density at radius 2 is 1.91 bits per heavy atom. The van der Waals surface area contributed by atoms with E-state index in [-0.39, 0.29) is 17.6 Å². The molecular formula is C24H24ClN3O4S2. The summed E-state index contributed by atoms with van der Waals surface area (Å²) in [6.07, 6.45) is 2.82. The van der Waals surface area contributed by atoms with Crippen molar-refractivity contribution in [3.8, 4) is 0 Å². The minimum atomic E-state index is -0.908. The van der Waals surface area contributed by atoms with Crippen LogP contribution in [0.15, 0.2) is 40.7 Å². The Morgan fingerprint density at radius 1 is 1.15 bits per heavy atom. The Bertz CT molecular complexity index is 1250.